The van der Waals surface area contributed by atoms with E-state index in [0.717, 1.165) is 31.8 Å². The highest BCUT2D eigenvalue weighted by Gasteiger charge is 2.46. The van der Waals surface area contributed by atoms with Crippen molar-refractivity contribution in [3.05, 3.63) is 29.8 Å². The summed E-state index contributed by atoms with van der Waals surface area (Å²) in [5.41, 5.74) is 1.25. The van der Waals surface area contributed by atoms with Gasteiger partial charge in [0.15, 0.2) is 0 Å². The van der Waals surface area contributed by atoms with E-state index in [1.165, 1.54) is 10.5 Å². The van der Waals surface area contributed by atoms with Gasteiger partial charge in [-0.2, -0.15) is 0 Å². The van der Waals surface area contributed by atoms with Crippen LogP contribution in [-0.2, 0) is 11.3 Å². The molecule has 2 atom stereocenters. The number of hydrogen-bond donors (Lipinski definition) is 2. The lowest BCUT2D eigenvalue weighted by atomic mass is 10.2. The summed E-state index contributed by atoms with van der Waals surface area (Å²) in [5, 5.41) is 2.95. The minimum atomic E-state index is 0.152. The largest absolute Gasteiger partial charge is 0.497 e. The second-order valence-corrected chi connectivity index (χ2v) is 4.73. The van der Waals surface area contributed by atoms with Crippen LogP contribution < -0.4 is 15.0 Å². The molecule has 1 saturated heterocycles. The lowest BCUT2D eigenvalue weighted by Gasteiger charge is -2.03. The van der Waals surface area contributed by atoms with Crippen LogP contribution in [-0.4, -0.2) is 32.1 Å². The average molecular weight is 249 g/mol. The van der Waals surface area contributed by atoms with E-state index >= 15 is 0 Å². The molecule has 18 heavy (non-hydrogen) atoms. The van der Waals surface area contributed by atoms with Gasteiger partial charge >= 0.3 is 0 Å². The first kappa shape index (κ1) is 12.9. The topological polar surface area (TPSA) is 42.8 Å². The number of benzene rings is 1. The molecule has 0 aliphatic carbocycles. The Morgan fingerprint density at radius 2 is 2.17 bits per heavy atom. The van der Waals surface area contributed by atoms with Crippen LogP contribution in [0.25, 0.3) is 0 Å². The number of amides is 1. The van der Waals surface area contributed by atoms with Gasteiger partial charge in [-0.1, -0.05) is 6.92 Å². The molecule has 0 saturated carbocycles. The van der Waals surface area contributed by atoms with Crippen LogP contribution in [0.1, 0.15) is 18.9 Å². The summed E-state index contributed by atoms with van der Waals surface area (Å²) in [6.45, 7) is 4.70. The third kappa shape index (κ3) is 3.23. The molecule has 1 aromatic carbocycles. The van der Waals surface area contributed by atoms with Crippen LogP contribution in [0.3, 0.4) is 0 Å². The van der Waals surface area contributed by atoms with E-state index < -0.39 is 0 Å². The molecule has 0 bridgehead atoms. The van der Waals surface area contributed by atoms with Gasteiger partial charge in [-0.05, 0) is 30.7 Å². The predicted molar refractivity (Wildman–Crippen MR) is 69.6 cm³/mol. The number of quaternary nitrogens is 1. The Labute approximate surface area is 108 Å². The molecule has 1 aliphatic heterocycles. The summed E-state index contributed by atoms with van der Waals surface area (Å²) in [7, 11) is 1.67. The molecule has 1 unspecified atom stereocenters. The Morgan fingerprint density at radius 3 is 2.78 bits per heavy atom. The van der Waals surface area contributed by atoms with E-state index in [9.17, 15) is 4.79 Å². The zero-order valence-corrected chi connectivity index (χ0v) is 11.0. The number of hydrogen-bond acceptors (Lipinski definition) is 2. The van der Waals surface area contributed by atoms with E-state index in [2.05, 4.69) is 24.4 Å². The number of nitrogens with one attached hydrogen (secondary N) is 2. The molecular formula is C14H21N2O2+. The monoisotopic (exact) mass is 249 g/mol. The maximum absolute atomic E-state index is 11.7. The van der Waals surface area contributed by atoms with Gasteiger partial charge in [-0.3, -0.25) is 4.79 Å². The fourth-order valence-electron chi connectivity index (χ4n) is 2.05. The van der Waals surface area contributed by atoms with Crippen molar-refractivity contribution in [3.8, 4) is 5.75 Å². The Kier molecular flexibility index (Phi) is 4.20. The Hall–Kier alpha value is -1.55. The maximum atomic E-state index is 11.7. The second kappa shape index (κ2) is 5.87. The first-order valence-electron chi connectivity index (χ1n) is 6.49. The molecule has 0 radical (unpaired) electrons. The zero-order valence-electron chi connectivity index (χ0n) is 11.0. The molecule has 98 valence electrons. The smallest absolute Gasteiger partial charge is 0.284 e. The van der Waals surface area contributed by atoms with Crippen LogP contribution in [0, 0.1) is 0 Å². The summed E-state index contributed by atoms with van der Waals surface area (Å²) in [6.07, 6.45) is 0.992. The van der Waals surface area contributed by atoms with Gasteiger partial charge in [-0.25, -0.2) is 0 Å². The van der Waals surface area contributed by atoms with Gasteiger partial charge in [-0.15, -0.1) is 0 Å². The van der Waals surface area contributed by atoms with E-state index in [4.69, 9.17) is 4.74 Å². The van der Waals surface area contributed by atoms with Crippen LogP contribution in [0.5, 0.6) is 5.75 Å². The molecule has 1 aliphatic rings. The highest BCUT2D eigenvalue weighted by molar-refractivity contribution is 5.81. The molecule has 0 spiro atoms. The molecule has 1 heterocycles. The van der Waals surface area contributed by atoms with Crippen molar-refractivity contribution >= 4 is 5.91 Å². The lowest BCUT2D eigenvalue weighted by molar-refractivity contribution is -0.784. The van der Waals surface area contributed by atoms with Crippen molar-refractivity contribution in [2.45, 2.75) is 25.9 Å². The van der Waals surface area contributed by atoms with Crippen molar-refractivity contribution in [2.24, 2.45) is 0 Å². The minimum absolute atomic E-state index is 0.152. The van der Waals surface area contributed by atoms with Gasteiger partial charge in [0.2, 0.25) is 6.04 Å². The number of ether oxygens (including phenoxy) is 1. The molecule has 1 amide bonds. The Morgan fingerprint density at radius 1 is 1.44 bits per heavy atom. The van der Waals surface area contributed by atoms with Gasteiger partial charge in [0.1, 0.15) is 18.8 Å². The summed E-state index contributed by atoms with van der Waals surface area (Å²) in [5.74, 6) is 1.07. The molecule has 4 heteroatoms. The van der Waals surface area contributed by atoms with Crippen molar-refractivity contribution in [1.29, 1.82) is 0 Å². The summed E-state index contributed by atoms with van der Waals surface area (Å²) in [4.78, 5) is 13.1. The third-order valence-electron chi connectivity index (χ3n) is 3.25. The van der Waals surface area contributed by atoms with E-state index in [-0.39, 0.29) is 11.9 Å². The molecule has 1 aromatic rings. The van der Waals surface area contributed by atoms with Gasteiger partial charge < -0.3 is 15.0 Å². The number of carbonyl (C=O) groups excluding carboxylic acids is 1. The molecular weight excluding hydrogens is 228 g/mol. The Bertz CT molecular complexity index is 403. The fraction of sp³-hybridized carbons (Fsp3) is 0.500. The van der Waals surface area contributed by atoms with Gasteiger partial charge in [0.25, 0.3) is 5.91 Å². The van der Waals surface area contributed by atoms with E-state index in [0.29, 0.717) is 0 Å². The number of carbonyl (C=O) groups is 1. The molecule has 0 aromatic heterocycles. The van der Waals surface area contributed by atoms with Crippen molar-refractivity contribution in [1.82, 2.24) is 5.32 Å². The molecule has 2 N–H and O–H groups in total. The van der Waals surface area contributed by atoms with Crippen LogP contribution in [0.4, 0.5) is 0 Å². The second-order valence-electron chi connectivity index (χ2n) is 4.73. The number of rotatable bonds is 6. The highest BCUT2D eigenvalue weighted by Crippen LogP contribution is 2.11. The van der Waals surface area contributed by atoms with E-state index in [1.807, 2.05) is 12.1 Å². The summed E-state index contributed by atoms with van der Waals surface area (Å²) in [6, 6.07) is 8.20. The van der Waals surface area contributed by atoms with Crippen LogP contribution in [0.2, 0.25) is 0 Å². The minimum Gasteiger partial charge on any atom is -0.497 e. The molecule has 4 nitrogen and oxygen atoms in total. The standard InChI is InChI=1S/C14H20N2O2/c1-3-8-15-14(17)13-10-16(13)9-11-4-6-12(18-2)7-5-11/h4-7,13H,3,8-10H2,1-2H3,(H,15,17)/p+1/t13-,16?/m1/s1. The SMILES string of the molecule is CCCNC(=O)[C@H]1C[NH+]1Cc1ccc(OC)cc1. The van der Waals surface area contributed by atoms with Crippen LogP contribution >= 0.6 is 0 Å². The Balaban J connectivity index is 1.79. The first-order valence-corrected chi connectivity index (χ1v) is 6.49. The van der Waals surface area contributed by atoms with Gasteiger partial charge in [0, 0.05) is 12.1 Å². The maximum Gasteiger partial charge on any atom is 0.284 e. The quantitative estimate of drug-likeness (QED) is 0.696. The van der Waals surface area contributed by atoms with Crippen molar-refractivity contribution < 1.29 is 14.4 Å². The normalized spacial score (nSPS) is 21.4. The first-order chi connectivity index (χ1) is 8.74. The van der Waals surface area contributed by atoms with Crippen LogP contribution in [0.15, 0.2) is 24.3 Å². The number of methoxy groups -OCH3 is 1. The third-order valence-corrected chi connectivity index (χ3v) is 3.25. The van der Waals surface area contributed by atoms with Crippen molar-refractivity contribution in [2.75, 3.05) is 20.2 Å². The van der Waals surface area contributed by atoms with E-state index in [1.54, 1.807) is 7.11 Å². The predicted octanol–water partition coefficient (Wildman–Crippen LogP) is -0.0115. The summed E-state index contributed by atoms with van der Waals surface area (Å²) < 4.78 is 5.12. The molecule has 1 fully saturated rings. The average Bonchev–Trinajstić information content (AvgIpc) is 3.16. The lowest BCUT2D eigenvalue weighted by Crippen LogP contribution is -2.93. The summed E-state index contributed by atoms with van der Waals surface area (Å²) >= 11 is 0. The molecule has 2 rings (SSSR count). The fourth-order valence-corrected chi connectivity index (χ4v) is 2.05. The zero-order chi connectivity index (χ0) is 13.0. The highest BCUT2D eigenvalue weighted by atomic mass is 16.5. The van der Waals surface area contributed by atoms with Gasteiger partial charge in [0.05, 0.1) is 7.11 Å². The van der Waals surface area contributed by atoms with Crippen molar-refractivity contribution in [3.63, 3.8) is 0 Å².